The zero-order valence-electron chi connectivity index (χ0n) is 10.5. The molecule has 0 aliphatic heterocycles. The van der Waals surface area contributed by atoms with E-state index in [9.17, 15) is 0 Å². The molecule has 0 unspecified atom stereocenters. The van der Waals surface area contributed by atoms with Crippen molar-refractivity contribution < 1.29 is 0 Å². The monoisotopic (exact) mass is 184 g/mol. The predicted octanol–water partition coefficient (Wildman–Crippen LogP) is 5.03. The van der Waals surface area contributed by atoms with E-state index in [1.807, 2.05) is 0 Å². The lowest BCUT2D eigenvalue weighted by Crippen LogP contribution is -2.32. The van der Waals surface area contributed by atoms with Crippen LogP contribution in [0.25, 0.3) is 0 Å². The van der Waals surface area contributed by atoms with E-state index in [-0.39, 0.29) is 0 Å². The summed E-state index contributed by atoms with van der Waals surface area (Å²) in [5.74, 6) is 0. The quantitative estimate of drug-likeness (QED) is 0.543. The van der Waals surface area contributed by atoms with Gasteiger partial charge in [-0.05, 0) is 23.7 Å². The molecule has 0 radical (unpaired) electrons. The van der Waals surface area contributed by atoms with Gasteiger partial charge in [-0.25, -0.2) is 0 Å². The SMILES string of the molecule is CCCCC(C)(C)C(C)(C)CCC. The van der Waals surface area contributed by atoms with Crippen LogP contribution in [0.2, 0.25) is 0 Å². The molecule has 0 nitrogen and oxygen atoms in total. The summed E-state index contributed by atoms with van der Waals surface area (Å²) in [5.41, 5.74) is 0.996. The van der Waals surface area contributed by atoms with Crippen LogP contribution in [0, 0.1) is 10.8 Å². The molecule has 0 aromatic carbocycles. The number of rotatable bonds is 6. The molecule has 0 saturated heterocycles. The van der Waals surface area contributed by atoms with E-state index < -0.39 is 0 Å². The van der Waals surface area contributed by atoms with Gasteiger partial charge in [0.05, 0.1) is 0 Å². The first-order valence-electron chi connectivity index (χ1n) is 5.87. The maximum atomic E-state index is 2.43. The highest BCUT2D eigenvalue weighted by molar-refractivity contribution is 4.85. The normalized spacial score (nSPS) is 13.4. The summed E-state index contributed by atoms with van der Waals surface area (Å²) in [6.07, 6.45) is 6.73. The van der Waals surface area contributed by atoms with E-state index in [4.69, 9.17) is 0 Å². The van der Waals surface area contributed by atoms with Crippen molar-refractivity contribution in [3.8, 4) is 0 Å². The Morgan fingerprint density at radius 2 is 1.15 bits per heavy atom. The smallest absolute Gasteiger partial charge is 0.0303 e. The number of hydrogen-bond donors (Lipinski definition) is 0. The predicted molar refractivity (Wildman–Crippen MR) is 62.0 cm³/mol. The van der Waals surface area contributed by atoms with E-state index in [0.29, 0.717) is 10.8 Å². The summed E-state index contributed by atoms with van der Waals surface area (Å²) in [6, 6.07) is 0. The lowest BCUT2D eigenvalue weighted by atomic mass is 9.63. The fourth-order valence-corrected chi connectivity index (χ4v) is 1.92. The molecule has 0 heterocycles. The van der Waals surface area contributed by atoms with Gasteiger partial charge in [0.15, 0.2) is 0 Å². The molecule has 80 valence electrons. The molecular formula is C13H28. The minimum atomic E-state index is 0.497. The van der Waals surface area contributed by atoms with Gasteiger partial charge in [-0.3, -0.25) is 0 Å². The topological polar surface area (TPSA) is 0 Å². The highest BCUT2D eigenvalue weighted by atomic mass is 14.4. The molecule has 0 fully saturated rings. The van der Waals surface area contributed by atoms with Gasteiger partial charge < -0.3 is 0 Å². The van der Waals surface area contributed by atoms with Crippen molar-refractivity contribution in [2.75, 3.05) is 0 Å². The van der Waals surface area contributed by atoms with Gasteiger partial charge in [0.1, 0.15) is 0 Å². The first-order chi connectivity index (χ1) is 5.87. The third kappa shape index (κ3) is 3.70. The van der Waals surface area contributed by atoms with Crippen LogP contribution in [0.4, 0.5) is 0 Å². The summed E-state index contributed by atoms with van der Waals surface area (Å²) in [4.78, 5) is 0. The van der Waals surface area contributed by atoms with Crippen molar-refractivity contribution in [3.05, 3.63) is 0 Å². The molecule has 0 bridgehead atoms. The van der Waals surface area contributed by atoms with Crippen molar-refractivity contribution in [1.29, 1.82) is 0 Å². The Labute approximate surface area is 85.1 Å². The molecule has 0 heteroatoms. The fourth-order valence-electron chi connectivity index (χ4n) is 1.92. The Hall–Kier alpha value is 0. The van der Waals surface area contributed by atoms with Crippen LogP contribution in [0.1, 0.15) is 73.6 Å². The summed E-state index contributed by atoms with van der Waals surface area (Å²) in [6.45, 7) is 14.3. The van der Waals surface area contributed by atoms with E-state index in [2.05, 4.69) is 41.5 Å². The maximum absolute atomic E-state index is 2.43. The average Bonchev–Trinajstić information content (AvgIpc) is 2.00. The van der Waals surface area contributed by atoms with Crippen molar-refractivity contribution >= 4 is 0 Å². The lowest BCUT2D eigenvalue weighted by Gasteiger charge is -2.42. The van der Waals surface area contributed by atoms with Crippen molar-refractivity contribution in [3.63, 3.8) is 0 Å². The zero-order chi connectivity index (χ0) is 10.5. The molecule has 0 rings (SSSR count). The van der Waals surface area contributed by atoms with Crippen molar-refractivity contribution in [1.82, 2.24) is 0 Å². The molecule has 0 aromatic rings. The van der Waals surface area contributed by atoms with Gasteiger partial charge in [-0.2, -0.15) is 0 Å². The van der Waals surface area contributed by atoms with E-state index in [1.54, 1.807) is 0 Å². The van der Waals surface area contributed by atoms with Crippen LogP contribution in [-0.2, 0) is 0 Å². The van der Waals surface area contributed by atoms with Crippen LogP contribution in [0.5, 0.6) is 0 Å². The highest BCUT2D eigenvalue weighted by Gasteiger charge is 2.34. The zero-order valence-corrected chi connectivity index (χ0v) is 10.5. The van der Waals surface area contributed by atoms with Gasteiger partial charge in [0, 0.05) is 0 Å². The minimum Gasteiger partial charge on any atom is -0.0654 e. The van der Waals surface area contributed by atoms with Gasteiger partial charge in [-0.15, -0.1) is 0 Å². The molecule has 0 aliphatic rings. The Kier molecular flexibility index (Phi) is 5.02. The Bertz CT molecular complexity index is 131. The van der Waals surface area contributed by atoms with Crippen molar-refractivity contribution in [2.45, 2.75) is 73.6 Å². The Morgan fingerprint density at radius 3 is 1.54 bits per heavy atom. The van der Waals surface area contributed by atoms with E-state index in [0.717, 1.165) is 0 Å². The van der Waals surface area contributed by atoms with Crippen LogP contribution in [-0.4, -0.2) is 0 Å². The van der Waals surface area contributed by atoms with Crippen LogP contribution >= 0.6 is 0 Å². The first kappa shape index (κ1) is 13.0. The molecule has 13 heavy (non-hydrogen) atoms. The maximum Gasteiger partial charge on any atom is -0.0303 e. The average molecular weight is 184 g/mol. The second-order valence-electron chi connectivity index (χ2n) is 5.62. The summed E-state index contributed by atoms with van der Waals surface area (Å²) < 4.78 is 0. The van der Waals surface area contributed by atoms with Gasteiger partial charge in [0.25, 0.3) is 0 Å². The summed E-state index contributed by atoms with van der Waals surface area (Å²) in [5, 5.41) is 0. The second-order valence-corrected chi connectivity index (χ2v) is 5.62. The Balaban J connectivity index is 4.22. The summed E-state index contributed by atoms with van der Waals surface area (Å²) >= 11 is 0. The molecule has 0 amide bonds. The fraction of sp³-hybridized carbons (Fsp3) is 1.00. The minimum absolute atomic E-state index is 0.497. The Morgan fingerprint density at radius 1 is 0.692 bits per heavy atom. The number of hydrogen-bond acceptors (Lipinski definition) is 0. The standard InChI is InChI=1S/C13H28/c1-7-9-11-13(5,6)12(3,4)10-8-2/h7-11H2,1-6H3. The van der Waals surface area contributed by atoms with Crippen LogP contribution < -0.4 is 0 Å². The number of unbranched alkanes of at least 4 members (excludes halogenated alkanes) is 1. The van der Waals surface area contributed by atoms with Gasteiger partial charge in [0.2, 0.25) is 0 Å². The highest BCUT2D eigenvalue weighted by Crippen LogP contribution is 2.45. The molecule has 0 aromatic heterocycles. The lowest BCUT2D eigenvalue weighted by molar-refractivity contribution is 0.0845. The second kappa shape index (κ2) is 5.02. The molecule has 0 N–H and O–H groups in total. The molecule has 0 aliphatic carbocycles. The van der Waals surface area contributed by atoms with Crippen molar-refractivity contribution in [2.24, 2.45) is 10.8 Å². The van der Waals surface area contributed by atoms with Gasteiger partial charge in [-0.1, -0.05) is 60.8 Å². The van der Waals surface area contributed by atoms with Crippen LogP contribution in [0.3, 0.4) is 0 Å². The molecule has 0 saturated carbocycles. The van der Waals surface area contributed by atoms with E-state index in [1.165, 1.54) is 32.1 Å². The van der Waals surface area contributed by atoms with E-state index >= 15 is 0 Å². The molecular weight excluding hydrogens is 156 g/mol. The third-order valence-corrected chi connectivity index (χ3v) is 3.86. The third-order valence-electron chi connectivity index (χ3n) is 3.86. The van der Waals surface area contributed by atoms with Crippen LogP contribution in [0.15, 0.2) is 0 Å². The first-order valence-corrected chi connectivity index (χ1v) is 5.87. The van der Waals surface area contributed by atoms with Gasteiger partial charge >= 0.3 is 0 Å². The largest absolute Gasteiger partial charge is 0.0654 e. The molecule has 0 atom stereocenters. The molecule has 0 spiro atoms. The summed E-state index contributed by atoms with van der Waals surface area (Å²) in [7, 11) is 0.